The fourth-order valence-corrected chi connectivity index (χ4v) is 2.90. The van der Waals surface area contributed by atoms with Gasteiger partial charge in [0, 0.05) is 23.5 Å². The highest BCUT2D eigenvalue weighted by atomic mass is 19.1. The third-order valence-electron chi connectivity index (χ3n) is 5.01. The van der Waals surface area contributed by atoms with Gasteiger partial charge in [0.05, 0.1) is 17.7 Å². The summed E-state index contributed by atoms with van der Waals surface area (Å²) < 4.78 is 13.1. The first kappa shape index (κ1) is 22.3. The van der Waals surface area contributed by atoms with Crippen molar-refractivity contribution in [1.82, 2.24) is 15.0 Å². The first-order valence-corrected chi connectivity index (χ1v) is 10.0. The number of halogens is 1. The number of carbonyl (C=O) groups excluding carboxylic acids is 1. The highest BCUT2D eigenvalue weighted by molar-refractivity contribution is 5.94. The summed E-state index contributed by atoms with van der Waals surface area (Å²) in [6.07, 6.45) is 3.89. The van der Waals surface area contributed by atoms with Crippen molar-refractivity contribution in [3.8, 4) is 11.3 Å². The summed E-state index contributed by atoms with van der Waals surface area (Å²) in [6, 6.07) is 5.21. The molecule has 3 N–H and O–H groups in total. The number of anilines is 2. The lowest BCUT2D eigenvalue weighted by Gasteiger charge is -2.15. The molecular formula is C23H26FN5O2. The van der Waals surface area contributed by atoms with E-state index in [1.165, 1.54) is 6.33 Å². The summed E-state index contributed by atoms with van der Waals surface area (Å²) in [4.78, 5) is 24.7. The van der Waals surface area contributed by atoms with Crippen molar-refractivity contribution >= 4 is 17.5 Å². The van der Waals surface area contributed by atoms with E-state index in [2.05, 4.69) is 38.7 Å². The molecule has 2 heterocycles. The Kier molecular flexibility index (Phi) is 6.91. The van der Waals surface area contributed by atoms with Gasteiger partial charge in [0.15, 0.2) is 0 Å². The van der Waals surface area contributed by atoms with E-state index in [0.29, 0.717) is 40.6 Å². The maximum atomic E-state index is 13.1. The topological polar surface area (TPSA) is 100 Å². The first-order chi connectivity index (χ1) is 14.8. The van der Waals surface area contributed by atoms with Crippen molar-refractivity contribution < 1.29 is 14.3 Å². The van der Waals surface area contributed by atoms with Crippen molar-refractivity contribution in [1.29, 1.82) is 0 Å². The van der Waals surface area contributed by atoms with Crippen LogP contribution < -0.4 is 10.6 Å². The molecule has 31 heavy (non-hydrogen) atoms. The van der Waals surface area contributed by atoms with Gasteiger partial charge >= 0.3 is 0 Å². The third kappa shape index (κ3) is 5.61. The van der Waals surface area contributed by atoms with Gasteiger partial charge in [-0.2, -0.15) is 0 Å². The molecular weight excluding hydrogens is 397 g/mol. The highest BCUT2D eigenvalue weighted by Crippen LogP contribution is 2.35. The Morgan fingerprint density at radius 3 is 2.77 bits per heavy atom. The van der Waals surface area contributed by atoms with E-state index in [4.69, 9.17) is 0 Å². The van der Waals surface area contributed by atoms with Crippen molar-refractivity contribution in [2.45, 2.75) is 39.0 Å². The van der Waals surface area contributed by atoms with Gasteiger partial charge in [-0.3, -0.25) is 4.79 Å². The number of carbonyl (C=O) groups is 1. The molecule has 0 bridgehead atoms. The Balaban J connectivity index is 1.78. The number of nitrogens with one attached hydrogen (secondary N) is 2. The Morgan fingerprint density at radius 2 is 2.10 bits per heavy atom. The lowest BCUT2D eigenvalue weighted by Crippen LogP contribution is -2.16. The van der Waals surface area contributed by atoms with Crippen LogP contribution in [0.15, 0.2) is 66.8 Å². The van der Waals surface area contributed by atoms with Crippen LogP contribution in [0.3, 0.4) is 0 Å². The number of amides is 1. The normalized spacial score (nSPS) is 18.8. The smallest absolute Gasteiger partial charge is 0.231 e. The highest BCUT2D eigenvalue weighted by Gasteiger charge is 2.43. The Labute approximate surface area is 180 Å². The number of aromatic nitrogens is 3. The van der Waals surface area contributed by atoms with E-state index in [1.54, 1.807) is 24.4 Å². The van der Waals surface area contributed by atoms with E-state index < -0.39 is 18.2 Å². The van der Waals surface area contributed by atoms with Crippen LogP contribution >= 0.6 is 0 Å². The van der Waals surface area contributed by atoms with E-state index >= 15 is 0 Å². The average molecular weight is 423 g/mol. The fraction of sp³-hybridized carbons (Fsp3) is 0.304. The summed E-state index contributed by atoms with van der Waals surface area (Å²) >= 11 is 0. The molecule has 0 aromatic carbocycles. The Hall–Kier alpha value is -3.39. The number of aliphatic hydroxyl groups is 1. The largest absolute Gasteiger partial charge is 0.388 e. The Morgan fingerprint density at radius 1 is 1.35 bits per heavy atom. The predicted octanol–water partition coefficient (Wildman–Crippen LogP) is 4.03. The minimum absolute atomic E-state index is 0.247. The molecule has 0 spiro atoms. The second-order valence-electron chi connectivity index (χ2n) is 7.47. The van der Waals surface area contributed by atoms with Crippen LogP contribution in [0.1, 0.15) is 26.7 Å². The summed E-state index contributed by atoms with van der Waals surface area (Å²) in [5.74, 6) is -0.175. The molecule has 3 rings (SSSR count). The third-order valence-corrected chi connectivity index (χ3v) is 5.01. The molecule has 3 atom stereocenters. The number of hydrogen-bond acceptors (Lipinski definition) is 6. The van der Waals surface area contributed by atoms with E-state index in [-0.39, 0.29) is 12.3 Å². The molecule has 0 radical (unpaired) electrons. The van der Waals surface area contributed by atoms with Gasteiger partial charge in [-0.25, -0.2) is 19.3 Å². The van der Waals surface area contributed by atoms with Gasteiger partial charge in [-0.15, -0.1) is 0 Å². The number of hydrogen-bond donors (Lipinski definition) is 3. The zero-order chi connectivity index (χ0) is 22.5. The molecule has 1 saturated carbocycles. The molecule has 1 fully saturated rings. The maximum Gasteiger partial charge on any atom is 0.231 e. The van der Waals surface area contributed by atoms with Gasteiger partial charge in [0.2, 0.25) is 5.91 Å². The van der Waals surface area contributed by atoms with E-state index in [9.17, 15) is 14.3 Å². The molecule has 0 saturated heterocycles. The van der Waals surface area contributed by atoms with Crippen molar-refractivity contribution in [3.05, 3.63) is 66.8 Å². The number of rotatable bonds is 9. The minimum atomic E-state index is -1.08. The molecule has 2 aromatic heterocycles. The maximum absolute atomic E-state index is 13.1. The number of allylic oxidation sites excluding steroid dienone is 1. The van der Waals surface area contributed by atoms with Crippen molar-refractivity contribution in [2.24, 2.45) is 5.92 Å². The summed E-state index contributed by atoms with van der Waals surface area (Å²) in [5, 5.41) is 15.7. The van der Waals surface area contributed by atoms with Crippen molar-refractivity contribution in [3.63, 3.8) is 0 Å². The second kappa shape index (κ2) is 9.61. The van der Waals surface area contributed by atoms with E-state index in [0.717, 1.165) is 5.57 Å². The lowest BCUT2D eigenvalue weighted by molar-refractivity contribution is -0.117. The molecule has 1 aliphatic carbocycles. The van der Waals surface area contributed by atoms with Crippen LogP contribution in [0.5, 0.6) is 0 Å². The molecule has 162 valence electrons. The second-order valence-corrected chi connectivity index (χ2v) is 7.47. The van der Waals surface area contributed by atoms with E-state index in [1.807, 2.05) is 19.9 Å². The van der Waals surface area contributed by atoms with Crippen LogP contribution in [0.25, 0.3) is 11.3 Å². The standard InChI is InChI=1S/C23H26FN5O2/c1-5-20(30)14(3)9-13(2)15(4)28-22-16(7-6-8-25-22)19-11-21(27-12-26-19)29-23(31)17-10-18(17)24/h6-9,11-12,17-18,20,30H,3-5,10H2,1-2H3,(H,25,28)(H,26,27,29,31)/b13-9-/t17-,18+,20-/m0/s1. The Bertz CT molecular complexity index is 1040. The number of nitrogens with zero attached hydrogens (tertiary/aromatic N) is 3. The van der Waals surface area contributed by atoms with Crippen LogP contribution in [-0.2, 0) is 4.79 Å². The van der Waals surface area contributed by atoms with Gasteiger partial charge in [0.25, 0.3) is 0 Å². The van der Waals surface area contributed by atoms with Gasteiger partial charge in [0.1, 0.15) is 24.1 Å². The summed E-state index contributed by atoms with van der Waals surface area (Å²) in [7, 11) is 0. The molecule has 7 nitrogen and oxygen atoms in total. The van der Waals surface area contributed by atoms with Crippen LogP contribution in [0.2, 0.25) is 0 Å². The molecule has 0 aliphatic heterocycles. The molecule has 2 aromatic rings. The quantitative estimate of drug-likeness (QED) is 0.527. The predicted molar refractivity (Wildman–Crippen MR) is 119 cm³/mol. The molecule has 8 heteroatoms. The van der Waals surface area contributed by atoms with Crippen LogP contribution in [0, 0.1) is 5.92 Å². The van der Waals surface area contributed by atoms with Crippen LogP contribution in [-0.4, -0.2) is 38.2 Å². The number of alkyl halides is 1. The monoisotopic (exact) mass is 423 g/mol. The van der Waals surface area contributed by atoms with Crippen molar-refractivity contribution in [2.75, 3.05) is 10.6 Å². The van der Waals surface area contributed by atoms with Gasteiger partial charge < -0.3 is 15.7 Å². The zero-order valence-electron chi connectivity index (χ0n) is 17.6. The van der Waals surface area contributed by atoms with Gasteiger partial charge in [-0.1, -0.05) is 26.2 Å². The fourth-order valence-electron chi connectivity index (χ4n) is 2.90. The molecule has 1 aliphatic rings. The number of pyridine rings is 1. The zero-order valence-corrected chi connectivity index (χ0v) is 17.6. The lowest BCUT2D eigenvalue weighted by atomic mass is 10.1. The van der Waals surface area contributed by atoms with Gasteiger partial charge in [-0.05, 0) is 43.0 Å². The molecule has 1 amide bonds. The van der Waals surface area contributed by atoms with Crippen LogP contribution in [0.4, 0.5) is 16.0 Å². The number of aliphatic hydroxyl groups excluding tert-OH is 1. The SMILES string of the molecule is C=C(Nc1ncccc1-c1cc(NC(=O)[C@H]2C[C@H]2F)ncn1)/C(C)=C\C(=C)[C@@H](O)CC. The first-order valence-electron chi connectivity index (χ1n) is 10.0. The molecule has 0 unspecified atom stereocenters. The minimum Gasteiger partial charge on any atom is -0.388 e. The summed E-state index contributed by atoms with van der Waals surface area (Å²) in [6.45, 7) is 11.7. The average Bonchev–Trinajstić information content (AvgIpc) is 3.50. The summed E-state index contributed by atoms with van der Waals surface area (Å²) in [5.41, 5.74) is 3.21.